The van der Waals surface area contributed by atoms with Gasteiger partial charge in [0.25, 0.3) is 0 Å². The highest BCUT2D eigenvalue weighted by Gasteiger charge is 2.48. The van der Waals surface area contributed by atoms with E-state index in [2.05, 4.69) is 4.18 Å². The molecule has 0 aromatic heterocycles. The first-order chi connectivity index (χ1) is 9.80. The average Bonchev–Trinajstić information content (AvgIpc) is 2.42. The lowest BCUT2D eigenvalue weighted by Crippen LogP contribution is -2.48. The molecule has 3 nitrogen and oxygen atoms in total. The van der Waals surface area contributed by atoms with Crippen LogP contribution in [0.15, 0.2) is 30.3 Å². The second kappa shape index (κ2) is 6.21. The Labute approximate surface area is 120 Å². The molecule has 0 aliphatic heterocycles. The Kier molecular flexibility index (Phi) is 4.75. The predicted molar refractivity (Wildman–Crippen MR) is 68.5 cm³/mol. The van der Waals surface area contributed by atoms with Crippen molar-refractivity contribution in [1.82, 2.24) is 0 Å². The van der Waals surface area contributed by atoms with Crippen molar-refractivity contribution < 1.29 is 30.2 Å². The fraction of sp³-hybridized carbons (Fsp3) is 0.538. The van der Waals surface area contributed by atoms with Crippen LogP contribution in [-0.2, 0) is 10.1 Å². The van der Waals surface area contributed by atoms with Gasteiger partial charge >= 0.3 is 10.1 Å². The lowest BCUT2D eigenvalue weighted by Gasteiger charge is -2.33. The SMILES string of the molecule is O=S(=O)(CC1C(F)C(F)CC(F)C1F)Oc1ccccc1. The second-order valence-corrected chi connectivity index (χ2v) is 6.56. The quantitative estimate of drug-likeness (QED) is 0.631. The number of alkyl halides is 4. The predicted octanol–water partition coefficient (Wildman–Crippen LogP) is 2.77. The third-order valence-corrected chi connectivity index (χ3v) is 4.56. The lowest BCUT2D eigenvalue weighted by atomic mass is 9.84. The summed E-state index contributed by atoms with van der Waals surface area (Å²) in [7, 11) is -4.36. The molecule has 1 aromatic carbocycles. The Bertz CT molecular complexity index is 552. The number of benzene rings is 1. The minimum absolute atomic E-state index is 0.0345. The van der Waals surface area contributed by atoms with Crippen LogP contribution in [0.25, 0.3) is 0 Å². The number of hydrogen-bond acceptors (Lipinski definition) is 3. The summed E-state index contributed by atoms with van der Waals surface area (Å²) in [5, 5.41) is 0. The zero-order valence-electron chi connectivity index (χ0n) is 10.8. The van der Waals surface area contributed by atoms with E-state index < -0.39 is 52.9 Å². The third-order valence-electron chi connectivity index (χ3n) is 3.32. The van der Waals surface area contributed by atoms with Crippen molar-refractivity contribution in [3.63, 3.8) is 0 Å². The minimum Gasteiger partial charge on any atom is -0.382 e. The summed E-state index contributed by atoms with van der Waals surface area (Å²) in [6, 6.07) is 7.33. The van der Waals surface area contributed by atoms with Crippen LogP contribution in [0.4, 0.5) is 17.6 Å². The van der Waals surface area contributed by atoms with E-state index in [1.807, 2.05) is 0 Å². The van der Waals surface area contributed by atoms with Crippen LogP contribution in [0.2, 0.25) is 0 Å². The molecule has 1 aromatic rings. The van der Waals surface area contributed by atoms with E-state index in [0.717, 1.165) is 0 Å². The van der Waals surface area contributed by atoms with Crippen LogP contribution in [0, 0.1) is 5.92 Å². The molecule has 2 rings (SSSR count). The van der Waals surface area contributed by atoms with Gasteiger partial charge in [-0.25, -0.2) is 17.6 Å². The van der Waals surface area contributed by atoms with Crippen LogP contribution < -0.4 is 4.18 Å². The van der Waals surface area contributed by atoms with E-state index in [1.165, 1.54) is 24.3 Å². The molecule has 1 aliphatic rings. The standard InChI is InChI=1S/C13H14F4O3S/c14-10-6-11(15)13(17)9(12(10)16)7-21(18,19)20-8-4-2-1-3-5-8/h1-5,9-13H,6-7H2. The van der Waals surface area contributed by atoms with Crippen LogP contribution in [0.5, 0.6) is 5.75 Å². The van der Waals surface area contributed by atoms with Crippen molar-refractivity contribution in [2.24, 2.45) is 5.92 Å². The first kappa shape index (κ1) is 16.1. The zero-order valence-corrected chi connectivity index (χ0v) is 11.6. The molecule has 1 aliphatic carbocycles. The third kappa shape index (κ3) is 3.87. The molecule has 0 heterocycles. The Balaban J connectivity index is 2.11. The van der Waals surface area contributed by atoms with Gasteiger partial charge in [-0.2, -0.15) is 8.42 Å². The normalized spacial score (nSPS) is 33.6. The van der Waals surface area contributed by atoms with Crippen LogP contribution in [0.3, 0.4) is 0 Å². The maximum absolute atomic E-state index is 13.6. The lowest BCUT2D eigenvalue weighted by molar-refractivity contribution is -0.0279. The van der Waals surface area contributed by atoms with E-state index in [9.17, 15) is 26.0 Å². The molecule has 0 N–H and O–H groups in total. The molecule has 8 heteroatoms. The maximum Gasteiger partial charge on any atom is 0.309 e. The maximum atomic E-state index is 13.6. The van der Waals surface area contributed by atoms with Gasteiger partial charge in [0.1, 0.15) is 30.4 Å². The van der Waals surface area contributed by atoms with Crippen LogP contribution >= 0.6 is 0 Å². The summed E-state index contributed by atoms with van der Waals surface area (Å²) in [5.41, 5.74) is 0. The van der Waals surface area contributed by atoms with E-state index >= 15 is 0 Å². The van der Waals surface area contributed by atoms with Gasteiger partial charge in [0.2, 0.25) is 0 Å². The fourth-order valence-corrected chi connectivity index (χ4v) is 3.57. The second-order valence-electron chi connectivity index (χ2n) is 4.94. The molecule has 4 atom stereocenters. The van der Waals surface area contributed by atoms with Crippen molar-refractivity contribution in [3.8, 4) is 5.75 Å². The summed E-state index contributed by atoms with van der Waals surface area (Å²) < 4.78 is 81.9. The van der Waals surface area contributed by atoms with Crippen molar-refractivity contribution in [1.29, 1.82) is 0 Å². The molecule has 1 fully saturated rings. The van der Waals surface area contributed by atoms with Crippen molar-refractivity contribution in [2.75, 3.05) is 5.75 Å². The topological polar surface area (TPSA) is 43.4 Å². The van der Waals surface area contributed by atoms with E-state index in [1.54, 1.807) is 6.07 Å². The molecule has 4 unspecified atom stereocenters. The average molecular weight is 326 g/mol. The Morgan fingerprint density at radius 1 is 1.00 bits per heavy atom. The smallest absolute Gasteiger partial charge is 0.309 e. The highest BCUT2D eigenvalue weighted by atomic mass is 32.2. The highest BCUT2D eigenvalue weighted by Crippen LogP contribution is 2.35. The first-order valence-corrected chi connectivity index (χ1v) is 7.91. The molecule has 0 spiro atoms. The Morgan fingerprint density at radius 2 is 1.52 bits per heavy atom. The molecular weight excluding hydrogens is 312 g/mol. The van der Waals surface area contributed by atoms with Gasteiger partial charge in [0.15, 0.2) is 0 Å². The Morgan fingerprint density at radius 3 is 2.05 bits per heavy atom. The first-order valence-electron chi connectivity index (χ1n) is 6.33. The molecule has 1 saturated carbocycles. The van der Waals surface area contributed by atoms with Crippen LogP contribution in [0.1, 0.15) is 6.42 Å². The number of rotatable bonds is 4. The minimum atomic E-state index is -4.36. The monoisotopic (exact) mass is 326 g/mol. The Hall–Kier alpha value is -1.31. The van der Waals surface area contributed by atoms with Gasteiger partial charge in [0, 0.05) is 12.3 Å². The highest BCUT2D eigenvalue weighted by molar-refractivity contribution is 7.87. The molecule has 0 saturated heterocycles. The van der Waals surface area contributed by atoms with E-state index in [4.69, 9.17) is 0 Å². The molecule has 0 radical (unpaired) electrons. The van der Waals surface area contributed by atoms with Crippen LogP contribution in [-0.4, -0.2) is 38.9 Å². The van der Waals surface area contributed by atoms with Crippen molar-refractivity contribution >= 4 is 10.1 Å². The summed E-state index contributed by atoms with van der Waals surface area (Å²) >= 11 is 0. The summed E-state index contributed by atoms with van der Waals surface area (Å²) in [6.45, 7) is 0. The summed E-state index contributed by atoms with van der Waals surface area (Å²) in [5.74, 6) is -3.07. The molecule has 0 bridgehead atoms. The molecule has 21 heavy (non-hydrogen) atoms. The summed E-state index contributed by atoms with van der Waals surface area (Å²) in [6.07, 6.45) is -10.1. The van der Waals surface area contributed by atoms with Crippen molar-refractivity contribution in [3.05, 3.63) is 30.3 Å². The zero-order chi connectivity index (χ0) is 15.6. The van der Waals surface area contributed by atoms with Gasteiger partial charge in [-0.05, 0) is 12.1 Å². The van der Waals surface area contributed by atoms with Gasteiger partial charge in [0.05, 0.1) is 5.75 Å². The van der Waals surface area contributed by atoms with E-state index in [-0.39, 0.29) is 5.75 Å². The van der Waals surface area contributed by atoms with Gasteiger partial charge in [-0.15, -0.1) is 0 Å². The fourth-order valence-electron chi connectivity index (χ4n) is 2.26. The van der Waals surface area contributed by atoms with Crippen molar-refractivity contribution in [2.45, 2.75) is 31.1 Å². The molecule has 118 valence electrons. The van der Waals surface area contributed by atoms with Gasteiger partial charge in [-0.1, -0.05) is 18.2 Å². The molecular formula is C13H14F4O3S. The van der Waals surface area contributed by atoms with E-state index in [0.29, 0.717) is 0 Å². The number of halogens is 4. The number of hydrogen-bond donors (Lipinski definition) is 0. The largest absolute Gasteiger partial charge is 0.382 e. The summed E-state index contributed by atoms with van der Waals surface area (Å²) in [4.78, 5) is 0. The van der Waals surface area contributed by atoms with Gasteiger partial charge in [-0.3, -0.25) is 0 Å². The van der Waals surface area contributed by atoms with Gasteiger partial charge < -0.3 is 4.18 Å². The molecule has 0 amide bonds. The number of para-hydroxylation sites is 1.